The molecule has 2 heterocycles. The summed E-state index contributed by atoms with van der Waals surface area (Å²) < 4.78 is 0.933. The second-order valence-electron chi connectivity index (χ2n) is 2.29. The number of hydrogen-bond acceptors (Lipinski definition) is 3. The van der Waals surface area contributed by atoms with Crippen molar-refractivity contribution in [2.24, 2.45) is 0 Å². The maximum absolute atomic E-state index is 10.4. The normalized spacial score (nSPS) is 10.4. The summed E-state index contributed by atoms with van der Waals surface area (Å²) >= 11 is 7.35. The van der Waals surface area contributed by atoms with E-state index >= 15 is 0 Å². The zero-order chi connectivity index (χ0) is 8.55. The van der Waals surface area contributed by atoms with E-state index in [1.165, 1.54) is 11.3 Å². The van der Waals surface area contributed by atoms with Gasteiger partial charge in [0.2, 0.25) is 0 Å². The molecule has 0 saturated heterocycles. The molecule has 0 aliphatic rings. The molecular weight excluding hydrogens is 194 g/mol. The van der Waals surface area contributed by atoms with Gasteiger partial charge in [-0.3, -0.25) is 4.79 Å². The minimum Gasteiger partial charge on any atom is -0.296 e. The Kier molecular flexibility index (Phi) is 1.83. The number of rotatable bonds is 1. The Morgan fingerprint density at radius 3 is 3.17 bits per heavy atom. The lowest BCUT2D eigenvalue weighted by Crippen LogP contribution is -1.85. The molecule has 2 nitrogen and oxygen atoms in total. The van der Waals surface area contributed by atoms with E-state index < -0.39 is 0 Å². The summed E-state index contributed by atoms with van der Waals surface area (Å²) in [6.45, 7) is 0. The van der Waals surface area contributed by atoms with Crippen LogP contribution in [0.1, 0.15) is 10.5 Å². The monoisotopic (exact) mass is 197 g/mol. The lowest BCUT2D eigenvalue weighted by molar-refractivity contribution is 0.111. The van der Waals surface area contributed by atoms with E-state index in [0.29, 0.717) is 17.1 Å². The second kappa shape index (κ2) is 2.84. The minimum atomic E-state index is 0.380. The average molecular weight is 198 g/mol. The molecule has 0 N–H and O–H groups in total. The molecule has 0 aromatic carbocycles. The van der Waals surface area contributed by atoms with Gasteiger partial charge in [-0.1, -0.05) is 11.6 Å². The van der Waals surface area contributed by atoms with E-state index in [0.717, 1.165) is 10.1 Å². The summed E-state index contributed by atoms with van der Waals surface area (Å²) in [5.41, 5.74) is 0.380. The molecule has 0 saturated carbocycles. The van der Waals surface area contributed by atoms with Crippen molar-refractivity contribution in [2.75, 3.05) is 0 Å². The van der Waals surface area contributed by atoms with Crippen LogP contribution in [-0.4, -0.2) is 11.3 Å². The van der Waals surface area contributed by atoms with Crippen molar-refractivity contribution in [1.29, 1.82) is 0 Å². The summed E-state index contributed by atoms with van der Waals surface area (Å²) in [6, 6.07) is 3.64. The number of aromatic nitrogens is 1. The fourth-order valence-corrected chi connectivity index (χ4v) is 2.11. The Morgan fingerprint density at radius 2 is 2.42 bits per heavy atom. The lowest BCUT2D eigenvalue weighted by atomic mass is 10.3. The zero-order valence-corrected chi connectivity index (χ0v) is 7.52. The van der Waals surface area contributed by atoms with Crippen LogP contribution in [0.4, 0.5) is 0 Å². The van der Waals surface area contributed by atoms with Crippen LogP contribution < -0.4 is 0 Å². The minimum absolute atomic E-state index is 0.380. The van der Waals surface area contributed by atoms with E-state index in [4.69, 9.17) is 11.6 Å². The Morgan fingerprint density at radius 1 is 1.58 bits per heavy atom. The van der Waals surface area contributed by atoms with E-state index in [2.05, 4.69) is 4.98 Å². The van der Waals surface area contributed by atoms with Crippen molar-refractivity contribution in [1.82, 2.24) is 4.98 Å². The highest BCUT2D eigenvalue weighted by Crippen LogP contribution is 2.27. The van der Waals surface area contributed by atoms with Gasteiger partial charge in [-0.2, -0.15) is 0 Å². The van der Waals surface area contributed by atoms with Crippen LogP contribution in [0, 0.1) is 0 Å². The topological polar surface area (TPSA) is 30.0 Å². The number of fused-ring (bicyclic) bond motifs is 1. The number of carbonyl (C=O) groups is 1. The molecule has 0 bridgehead atoms. The summed E-state index contributed by atoms with van der Waals surface area (Å²) in [6.07, 6.45) is 0.697. The van der Waals surface area contributed by atoms with Gasteiger partial charge in [-0.15, -0.1) is 11.3 Å². The summed E-state index contributed by atoms with van der Waals surface area (Å²) in [4.78, 5) is 14.3. The summed E-state index contributed by atoms with van der Waals surface area (Å²) in [5.74, 6) is 0. The Labute approximate surface area is 77.8 Å². The highest BCUT2D eigenvalue weighted by atomic mass is 35.5. The van der Waals surface area contributed by atoms with E-state index in [1.54, 1.807) is 6.07 Å². The van der Waals surface area contributed by atoms with Gasteiger partial charge in [0.05, 0.1) is 4.70 Å². The van der Waals surface area contributed by atoms with Gasteiger partial charge in [-0.25, -0.2) is 4.98 Å². The van der Waals surface area contributed by atoms with Crippen molar-refractivity contribution in [2.45, 2.75) is 0 Å². The van der Waals surface area contributed by atoms with E-state index in [-0.39, 0.29) is 0 Å². The molecule has 4 heteroatoms. The van der Waals surface area contributed by atoms with Crippen LogP contribution in [0.25, 0.3) is 10.1 Å². The molecule has 2 aromatic heterocycles. The van der Waals surface area contributed by atoms with Crippen LogP contribution in [0.2, 0.25) is 5.15 Å². The molecule has 0 aliphatic carbocycles. The fraction of sp³-hybridized carbons (Fsp3) is 0. The second-order valence-corrected chi connectivity index (χ2v) is 3.57. The van der Waals surface area contributed by atoms with Crippen molar-refractivity contribution in [3.05, 3.63) is 28.4 Å². The highest BCUT2D eigenvalue weighted by Gasteiger charge is 2.03. The molecule has 0 amide bonds. The molecule has 0 unspecified atom stereocenters. The number of halogens is 1. The number of aldehydes is 1. The van der Waals surface area contributed by atoms with E-state index in [1.807, 2.05) is 11.4 Å². The van der Waals surface area contributed by atoms with Crippen LogP contribution in [0.3, 0.4) is 0 Å². The molecule has 12 heavy (non-hydrogen) atoms. The quantitative estimate of drug-likeness (QED) is 0.520. The largest absolute Gasteiger partial charge is 0.296 e. The van der Waals surface area contributed by atoms with Crippen LogP contribution >= 0.6 is 22.9 Å². The molecule has 2 aromatic rings. The first-order valence-electron chi connectivity index (χ1n) is 3.30. The molecule has 0 fully saturated rings. The molecule has 0 spiro atoms. The van der Waals surface area contributed by atoms with Crippen LogP contribution in [-0.2, 0) is 0 Å². The van der Waals surface area contributed by atoms with E-state index in [9.17, 15) is 4.79 Å². The molecule has 0 atom stereocenters. The third-order valence-electron chi connectivity index (χ3n) is 1.53. The maximum atomic E-state index is 10.4. The van der Waals surface area contributed by atoms with Crippen molar-refractivity contribution < 1.29 is 4.79 Å². The Hall–Kier alpha value is -0.930. The van der Waals surface area contributed by atoms with Gasteiger partial charge in [-0.05, 0) is 22.9 Å². The Balaban J connectivity index is 2.83. The van der Waals surface area contributed by atoms with Gasteiger partial charge in [0.1, 0.15) is 10.8 Å². The van der Waals surface area contributed by atoms with Crippen molar-refractivity contribution in [3.63, 3.8) is 0 Å². The maximum Gasteiger partial charge on any atom is 0.168 e. The molecule has 0 aliphatic heterocycles. The number of thiophene rings is 1. The van der Waals surface area contributed by atoms with Gasteiger partial charge >= 0.3 is 0 Å². The molecule has 0 radical (unpaired) electrons. The lowest BCUT2D eigenvalue weighted by Gasteiger charge is -1.93. The first-order chi connectivity index (χ1) is 5.81. The standard InChI is InChI=1S/C8H4ClNOS/c9-8-7-5(1-2-12-7)3-6(4-11)10-8/h1-4H. The summed E-state index contributed by atoms with van der Waals surface area (Å²) in [5, 5.41) is 3.30. The highest BCUT2D eigenvalue weighted by molar-refractivity contribution is 7.17. The van der Waals surface area contributed by atoms with Crippen LogP contribution in [0.5, 0.6) is 0 Å². The molecule has 60 valence electrons. The van der Waals surface area contributed by atoms with Gasteiger partial charge in [0.15, 0.2) is 6.29 Å². The summed E-state index contributed by atoms with van der Waals surface area (Å²) in [7, 11) is 0. The predicted octanol–water partition coefficient (Wildman–Crippen LogP) is 2.76. The van der Waals surface area contributed by atoms with Crippen LogP contribution in [0.15, 0.2) is 17.5 Å². The first-order valence-corrected chi connectivity index (χ1v) is 4.56. The third kappa shape index (κ3) is 1.11. The number of hydrogen-bond donors (Lipinski definition) is 0. The fourth-order valence-electron chi connectivity index (χ4n) is 1.02. The number of pyridine rings is 1. The number of carbonyl (C=O) groups excluding carboxylic acids is 1. The SMILES string of the molecule is O=Cc1cc2ccsc2c(Cl)n1. The third-order valence-corrected chi connectivity index (χ3v) is 2.86. The van der Waals surface area contributed by atoms with Gasteiger partial charge in [0.25, 0.3) is 0 Å². The molecule has 2 rings (SSSR count). The van der Waals surface area contributed by atoms with Crippen molar-refractivity contribution >= 4 is 39.3 Å². The zero-order valence-electron chi connectivity index (χ0n) is 5.95. The first kappa shape index (κ1) is 7.71. The predicted molar refractivity (Wildman–Crippen MR) is 50.0 cm³/mol. The van der Waals surface area contributed by atoms with Gasteiger partial charge in [0, 0.05) is 0 Å². The Bertz CT molecular complexity index is 438. The van der Waals surface area contributed by atoms with Gasteiger partial charge < -0.3 is 0 Å². The molecular formula is C8H4ClNOS. The van der Waals surface area contributed by atoms with Crippen molar-refractivity contribution in [3.8, 4) is 0 Å². The number of nitrogens with zero attached hydrogens (tertiary/aromatic N) is 1. The average Bonchev–Trinajstić information content (AvgIpc) is 2.52. The smallest absolute Gasteiger partial charge is 0.168 e.